The van der Waals surface area contributed by atoms with Crippen molar-refractivity contribution >= 4 is 11.8 Å². The van der Waals surface area contributed by atoms with E-state index in [-0.39, 0.29) is 11.8 Å². The van der Waals surface area contributed by atoms with E-state index in [2.05, 4.69) is 10.6 Å². The molecule has 0 aliphatic carbocycles. The number of allylic oxidation sites excluding steroid dienone is 1. The summed E-state index contributed by atoms with van der Waals surface area (Å²) in [7, 11) is 0. The van der Waals surface area contributed by atoms with E-state index in [4.69, 9.17) is 5.73 Å². The SMILES string of the molecule is CC(=O)NCCCC=CNC(=O)[C@H](N)CC(C)C. The van der Waals surface area contributed by atoms with E-state index < -0.39 is 6.04 Å². The number of unbranched alkanes of at least 4 members (excludes halogenated alkanes) is 1. The van der Waals surface area contributed by atoms with Crippen LogP contribution in [0, 0.1) is 5.92 Å². The molecule has 5 heteroatoms. The molecule has 0 aromatic carbocycles. The van der Waals surface area contributed by atoms with Gasteiger partial charge in [0.15, 0.2) is 0 Å². The van der Waals surface area contributed by atoms with E-state index in [9.17, 15) is 9.59 Å². The quantitative estimate of drug-likeness (QED) is 0.564. The minimum Gasteiger partial charge on any atom is -0.356 e. The highest BCUT2D eigenvalue weighted by atomic mass is 16.2. The summed E-state index contributed by atoms with van der Waals surface area (Å²) in [5, 5.41) is 5.36. The van der Waals surface area contributed by atoms with Crippen LogP contribution in [-0.4, -0.2) is 24.4 Å². The van der Waals surface area contributed by atoms with Crippen molar-refractivity contribution in [1.29, 1.82) is 0 Å². The number of hydrogen-bond donors (Lipinski definition) is 3. The minimum atomic E-state index is -0.450. The van der Waals surface area contributed by atoms with Gasteiger partial charge in [0, 0.05) is 13.5 Å². The van der Waals surface area contributed by atoms with Gasteiger partial charge in [-0.2, -0.15) is 0 Å². The molecule has 0 saturated heterocycles. The van der Waals surface area contributed by atoms with E-state index in [1.54, 1.807) is 6.20 Å². The fourth-order valence-electron chi connectivity index (χ4n) is 1.43. The third kappa shape index (κ3) is 9.84. The lowest BCUT2D eigenvalue weighted by molar-refractivity contribution is -0.121. The molecule has 1 atom stereocenters. The molecule has 104 valence electrons. The van der Waals surface area contributed by atoms with Gasteiger partial charge >= 0.3 is 0 Å². The molecule has 5 nitrogen and oxygen atoms in total. The van der Waals surface area contributed by atoms with E-state index in [1.807, 2.05) is 19.9 Å². The van der Waals surface area contributed by atoms with Gasteiger partial charge in [-0.1, -0.05) is 19.9 Å². The van der Waals surface area contributed by atoms with Gasteiger partial charge in [-0.25, -0.2) is 0 Å². The van der Waals surface area contributed by atoms with Crippen molar-refractivity contribution in [2.24, 2.45) is 11.7 Å². The van der Waals surface area contributed by atoms with Gasteiger partial charge in [0.25, 0.3) is 0 Å². The van der Waals surface area contributed by atoms with Gasteiger partial charge < -0.3 is 16.4 Å². The van der Waals surface area contributed by atoms with Crippen molar-refractivity contribution < 1.29 is 9.59 Å². The maximum absolute atomic E-state index is 11.5. The highest BCUT2D eigenvalue weighted by Crippen LogP contribution is 2.02. The van der Waals surface area contributed by atoms with Crippen LogP contribution in [-0.2, 0) is 9.59 Å². The smallest absolute Gasteiger partial charge is 0.240 e. The summed E-state index contributed by atoms with van der Waals surface area (Å²) in [4.78, 5) is 22.1. The Bertz CT molecular complexity index is 288. The molecule has 4 N–H and O–H groups in total. The van der Waals surface area contributed by atoms with Gasteiger partial charge in [0.1, 0.15) is 0 Å². The summed E-state index contributed by atoms with van der Waals surface area (Å²) in [5.41, 5.74) is 5.72. The number of nitrogens with one attached hydrogen (secondary N) is 2. The van der Waals surface area contributed by atoms with Crippen LogP contribution in [0.2, 0.25) is 0 Å². The van der Waals surface area contributed by atoms with Crippen molar-refractivity contribution in [2.45, 2.75) is 46.1 Å². The van der Waals surface area contributed by atoms with E-state index in [1.165, 1.54) is 6.92 Å². The van der Waals surface area contributed by atoms with Gasteiger partial charge in [0.2, 0.25) is 11.8 Å². The van der Waals surface area contributed by atoms with E-state index >= 15 is 0 Å². The van der Waals surface area contributed by atoms with Crippen LogP contribution in [0.4, 0.5) is 0 Å². The lowest BCUT2D eigenvalue weighted by Crippen LogP contribution is -2.39. The predicted octanol–water partition coefficient (Wildman–Crippen LogP) is 0.906. The van der Waals surface area contributed by atoms with Crippen LogP contribution in [0.1, 0.15) is 40.0 Å². The second kappa shape index (κ2) is 9.65. The molecule has 0 spiro atoms. The molecule has 0 radical (unpaired) electrons. The second-order valence-electron chi connectivity index (χ2n) is 4.77. The fraction of sp³-hybridized carbons (Fsp3) is 0.692. The molecule has 0 aliphatic rings. The Morgan fingerprint density at radius 1 is 1.33 bits per heavy atom. The molecule has 0 rings (SSSR count). The molecule has 0 heterocycles. The van der Waals surface area contributed by atoms with Crippen LogP contribution in [0.5, 0.6) is 0 Å². The normalized spacial score (nSPS) is 12.7. The van der Waals surface area contributed by atoms with Crippen molar-refractivity contribution in [2.75, 3.05) is 6.54 Å². The molecule has 0 aromatic heterocycles. The first-order valence-corrected chi connectivity index (χ1v) is 6.39. The molecule has 0 fully saturated rings. The largest absolute Gasteiger partial charge is 0.356 e. The molecule has 0 aliphatic heterocycles. The number of rotatable bonds is 8. The molecule has 0 unspecified atom stereocenters. The number of amides is 2. The van der Waals surface area contributed by atoms with Crippen molar-refractivity contribution in [3.8, 4) is 0 Å². The van der Waals surface area contributed by atoms with Gasteiger partial charge in [-0.05, 0) is 31.4 Å². The standard InChI is InChI=1S/C13H25N3O2/c1-10(2)9-12(14)13(18)16-8-6-4-5-7-15-11(3)17/h6,8,10,12H,4-5,7,9,14H2,1-3H3,(H,15,17)(H,16,18)/t12-/m1/s1. The summed E-state index contributed by atoms with van der Waals surface area (Å²) >= 11 is 0. The summed E-state index contributed by atoms with van der Waals surface area (Å²) in [6, 6.07) is -0.450. The Labute approximate surface area is 109 Å². The Hall–Kier alpha value is -1.36. The first-order valence-electron chi connectivity index (χ1n) is 6.39. The number of hydrogen-bond acceptors (Lipinski definition) is 3. The molecule has 2 amide bonds. The third-order valence-electron chi connectivity index (χ3n) is 2.33. The lowest BCUT2D eigenvalue weighted by atomic mass is 10.0. The van der Waals surface area contributed by atoms with Crippen molar-refractivity contribution in [1.82, 2.24) is 10.6 Å². The van der Waals surface area contributed by atoms with Gasteiger partial charge in [0.05, 0.1) is 6.04 Å². The Morgan fingerprint density at radius 2 is 2.00 bits per heavy atom. The zero-order valence-corrected chi connectivity index (χ0v) is 11.5. The lowest BCUT2D eigenvalue weighted by Gasteiger charge is -2.12. The average Bonchev–Trinajstić information content (AvgIpc) is 2.26. The van der Waals surface area contributed by atoms with Crippen LogP contribution >= 0.6 is 0 Å². The van der Waals surface area contributed by atoms with Crippen LogP contribution in [0.15, 0.2) is 12.3 Å². The highest BCUT2D eigenvalue weighted by molar-refractivity contribution is 5.82. The van der Waals surface area contributed by atoms with Crippen LogP contribution < -0.4 is 16.4 Å². The van der Waals surface area contributed by atoms with E-state index in [0.717, 1.165) is 12.8 Å². The van der Waals surface area contributed by atoms with Crippen molar-refractivity contribution in [3.63, 3.8) is 0 Å². The molecule has 0 bridgehead atoms. The first kappa shape index (κ1) is 16.6. The van der Waals surface area contributed by atoms with Gasteiger partial charge in [-0.15, -0.1) is 0 Å². The van der Waals surface area contributed by atoms with Crippen LogP contribution in [0.25, 0.3) is 0 Å². The average molecular weight is 255 g/mol. The maximum Gasteiger partial charge on any atom is 0.240 e. The van der Waals surface area contributed by atoms with Crippen molar-refractivity contribution in [3.05, 3.63) is 12.3 Å². The maximum atomic E-state index is 11.5. The molecule has 0 saturated carbocycles. The summed E-state index contributed by atoms with van der Waals surface area (Å²) in [6.07, 6.45) is 5.82. The Morgan fingerprint density at radius 3 is 2.56 bits per heavy atom. The highest BCUT2D eigenvalue weighted by Gasteiger charge is 2.12. The molecule has 0 aromatic rings. The van der Waals surface area contributed by atoms with E-state index in [0.29, 0.717) is 18.9 Å². The molecule has 18 heavy (non-hydrogen) atoms. The van der Waals surface area contributed by atoms with Gasteiger partial charge in [-0.3, -0.25) is 9.59 Å². The zero-order chi connectivity index (χ0) is 14.0. The Kier molecular flexibility index (Phi) is 8.92. The third-order valence-corrected chi connectivity index (χ3v) is 2.33. The zero-order valence-electron chi connectivity index (χ0n) is 11.5. The molecular weight excluding hydrogens is 230 g/mol. The predicted molar refractivity (Wildman–Crippen MR) is 72.6 cm³/mol. The number of carbonyl (C=O) groups excluding carboxylic acids is 2. The topological polar surface area (TPSA) is 84.2 Å². The summed E-state index contributed by atoms with van der Waals surface area (Å²) in [6.45, 7) is 6.21. The second-order valence-corrected chi connectivity index (χ2v) is 4.77. The molecular formula is C13H25N3O2. The first-order chi connectivity index (χ1) is 8.43. The monoisotopic (exact) mass is 255 g/mol. The fourth-order valence-corrected chi connectivity index (χ4v) is 1.43. The minimum absolute atomic E-state index is 0.0214. The Balaban J connectivity index is 3.62. The van der Waals surface area contributed by atoms with Crippen LogP contribution in [0.3, 0.4) is 0 Å². The summed E-state index contributed by atoms with van der Waals surface area (Å²) < 4.78 is 0. The number of carbonyl (C=O) groups is 2. The number of nitrogens with two attached hydrogens (primary N) is 1. The summed E-state index contributed by atoms with van der Waals surface area (Å²) in [5.74, 6) is 0.237.